The zero-order valence-electron chi connectivity index (χ0n) is 12.9. The van der Waals surface area contributed by atoms with Gasteiger partial charge in [0, 0.05) is 6.07 Å². The summed E-state index contributed by atoms with van der Waals surface area (Å²) in [6, 6.07) is 2.27. The van der Waals surface area contributed by atoms with Crippen LogP contribution in [0.3, 0.4) is 0 Å². The fourth-order valence-corrected chi connectivity index (χ4v) is 2.90. The molecule has 0 N–H and O–H groups in total. The Labute approximate surface area is 133 Å². The van der Waals surface area contributed by atoms with Crippen LogP contribution >= 0.6 is 0 Å². The first kappa shape index (κ1) is 17.6. The molecule has 1 aromatic heterocycles. The van der Waals surface area contributed by atoms with Crippen LogP contribution in [-0.2, 0) is 4.79 Å². The monoisotopic (exact) mass is 331 g/mol. The van der Waals surface area contributed by atoms with Crippen LogP contribution in [0.2, 0.25) is 0 Å². The van der Waals surface area contributed by atoms with Gasteiger partial charge >= 0.3 is 12.3 Å². The van der Waals surface area contributed by atoms with Gasteiger partial charge in [0.2, 0.25) is 5.88 Å². The molecule has 1 saturated carbocycles. The van der Waals surface area contributed by atoms with Gasteiger partial charge in [0.25, 0.3) is 0 Å². The molecule has 4 nitrogen and oxygen atoms in total. The highest BCUT2D eigenvalue weighted by atomic mass is 19.4. The number of carbonyl (C=O) groups excluding carboxylic acids is 1. The first-order chi connectivity index (χ1) is 10.9. The Bertz CT molecular complexity index is 508. The molecule has 1 aliphatic rings. The lowest BCUT2D eigenvalue weighted by Gasteiger charge is -2.26. The van der Waals surface area contributed by atoms with Gasteiger partial charge < -0.3 is 9.47 Å². The van der Waals surface area contributed by atoms with Crippen molar-refractivity contribution < 1.29 is 27.4 Å². The zero-order chi connectivity index (χ0) is 16.9. The number of nitrogens with zero attached hydrogens (tertiary/aromatic N) is 1. The van der Waals surface area contributed by atoms with Crippen molar-refractivity contribution in [2.24, 2.45) is 11.8 Å². The Balaban J connectivity index is 1.84. The third kappa shape index (κ3) is 5.73. The number of ether oxygens (including phenoxy) is 2. The summed E-state index contributed by atoms with van der Waals surface area (Å²) in [4.78, 5) is 15.6. The molecule has 0 amide bonds. The van der Waals surface area contributed by atoms with Crippen molar-refractivity contribution in [1.82, 2.24) is 4.98 Å². The molecule has 0 aromatic carbocycles. The number of halogens is 3. The van der Waals surface area contributed by atoms with E-state index < -0.39 is 12.2 Å². The van der Waals surface area contributed by atoms with Gasteiger partial charge in [-0.25, -0.2) is 4.98 Å². The maximum Gasteiger partial charge on any atom is 0.574 e. The van der Waals surface area contributed by atoms with Gasteiger partial charge in [0.1, 0.15) is 5.75 Å². The molecule has 0 spiro atoms. The lowest BCUT2D eigenvalue weighted by molar-refractivity contribution is -0.276. The van der Waals surface area contributed by atoms with Crippen molar-refractivity contribution in [1.29, 1.82) is 0 Å². The van der Waals surface area contributed by atoms with E-state index in [1.807, 2.05) is 0 Å². The van der Waals surface area contributed by atoms with Gasteiger partial charge in [-0.05, 0) is 37.7 Å². The number of esters is 1. The van der Waals surface area contributed by atoms with Crippen molar-refractivity contribution >= 4 is 5.97 Å². The van der Waals surface area contributed by atoms with Crippen molar-refractivity contribution in [2.75, 3.05) is 0 Å². The van der Waals surface area contributed by atoms with Crippen LogP contribution in [0.5, 0.6) is 11.6 Å². The highest BCUT2D eigenvalue weighted by molar-refractivity contribution is 5.75. The first-order valence-electron chi connectivity index (χ1n) is 7.81. The van der Waals surface area contributed by atoms with Crippen molar-refractivity contribution in [3.8, 4) is 11.6 Å². The Morgan fingerprint density at radius 3 is 2.48 bits per heavy atom. The fourth-order valence-electron chi connectivity index (χ4n) is 2.90. The highest BCUT2D eigenvalue weighted by Crippen LogP contribution is 2.32. The van der Waals surface area contributed by atoms with Crippen molar-refractivity contribution in [2.45, 2.75) is 51.8 Å². The summed E-state index contributed by atoms with van der Waals surface area (Å²) in [5, 5.41) is 0. The molecule has 1 heterocycles. The standard InChI is InChI=1S/C16H20F3NO3/c1-2-3-11-4-6-12(7-5-11)15(21)22-13-8-9-14(20-10-13)23-16(17,18)19/h8-12H,2-7H2,1H3/t11-,12-. The zero-order valence-corrected chi connectivity index (χ0v) is 12.9. The van der Waals surface area contributed by atoms with Gasteiger partial charge in [-0.1, -0.05) is 19.8 Å². The molecule has 0 unspecified atom stereocenters. The normalized spacial score (nSPS) is 21.7. The first-order valence-corrected chi connectivity index (χ1v) is 7.81. The maximum absolute atomic E-state index is 12.1. The Morgan fingerprint density at radius 1 is 1.26 bits per heavy atom. The summed E-state index contributed by atoms with van der Waals surface area (Å²) in [6.07, 6.45) is 2.24. The van der Waals surface area contributed by atoms with Gasteiger partial charge in [0.05, 0.1) is 12.1 Å². The van der Waals surface area contributed by atoms with E-state index >= 15 is 0 Å². The van der Waals surface area contributed by atoms with E-state index in [4.69, 9.17) is 4.74 Å². The van der Waals surface area contributed by atoms with Crippen LogP contribution in [0.1, 0.15) is 45.4 Å². The molecule has 128 valence electrons. The average molecular weight is 331 g/mol. The second kappa shape index (κ2) is 7.66. The van der Waals surface area contributed by atoms with Gasteiger partial charge in [-0.2, -0.15) is 0 Å². The Kier molecular flexibility index (Phi) is 5.85. The second-order valence-electron chi connectivity index (χ2n) is 5.81. The topological polar surface area (TPSA) is 48.4 Å². The minimum Gasteiger partial charge on any atom is -0.425 e. The van der Waals surface area contributed by atoms with Crippen molar-refractivity contribution in [3.05, 3.63) is 18.3 Å². The summed E-state index contributed by atoms with van der Waals surface area (Å²) in [5.74, 6) is -0.262. The maximum atomic E-state index is 12.1. The van der Waals surface area contributed by atoms with Gasteiger partial charge in [-0.15, -0.1) is 13.2 Å². The predicted octanol–water partition coefficient (Wildman–Crippen LogP) is 4.49. The number of hydrogen-bond acceptors (Lipinski definition) is 4. The molecule has 1 fully saturated rings. The Morgan fingerprint density at radius 2 is 1.96 bits per heavy atom. The summed E-state index contributed by atoms with van der Waals surface area (Å²) in [7, 11) is 0. The third-order valence-corrected chi connectivity index (χ3v) is 4.02. The van der Waals surface area contributed by atoms with Gasteiger partial charge in [0.15, 0.2) is 0 Å². The number of carbonyl (C=O) groups is 1. The molecule has 0 radical (unpaired) electrons. The van der Waals surface area contributed by atoms with E-state index in [0.717, 1.165) is 44.4 Å². The number of hydrogen-bond donors (Lipinski definition) is 0. The van der Waals surface area contributed by atoms with E-state index in [-0.39, 0.29) is 17.6 Å². The van der Waals surface area contributed by atoms with Crippen molar-refractivity contribution in [3.63, 3.8) is 0 Å². The second-order valence-corrected chi connectivity index (χ2v) is 5.81. The molecule has 23 heavy (non-hydrogen) atoms. The molecule has 2 rings (SSSR count). The SMILES string of the molecule is CCC[C@H]1CC[C@H](C(=O)Oc2ccc(OC(F)(F)F)nc2)CC1. The van der Waals surface area contributed by atoms with Crippen LogP contribution < -0.4 is 9.47 Å². The largest absolute Gasteiger partial charge is 0.574 e. The average Bonchev–Trinajstić information content (AvgIpc) is 2.49. The summed E-state index contributed by atoms with van der Waals surface area (Å²) >= 11 is 0. The number of alkyl halides is 3. The van der Waals surface area contributed by atoms with E-state index in [1.165, 1.54) is 12.5 Å². The van der Waals surface area contributed by atoms with Gasteiger partial charge in [-0.3, -0.25) is 4.79 Å². The molecule has 0 aliphatic heterocycles. The van der Waals surface area contributed by atoms with E-state index in [2.05, 4.69) is 16.6 Å². The molecular weight excluding hydrogens is 311 g/mol. The molecule has 0 atom stereocenters. The van der Waals surface area contributed by atoms with Crippen LogP contribution in [0.15, 0.2) is 18.3 Å². The minimum atomic E-state index is -4.79. The van der Waals surface area contributed by atoms with E-state index in [1.54, 1.807) is 0 Å². The summed E-state index contributed by atoms with van der Waals surface area (Å²) in [6.45, 7) is 2.15. The minimum absolute atomic E-state index is 0.125. The number of rotatable bonds is 5. The summed E-state index contributed by atoms with van der Waals surface area (Å²) < 4.78 is 45.0. The van der Waals surface area contributed by atoms with Crippen LogP contribution in [-0.4, -0.2) is 17.3 Å². The molecule has 0 saturated heterocycles. The fraction of sp³-hybridized carbons (Fsp3) is 0.625. The lowest BCUT2D eigenvalue weighted by atomic mass is 9.80. The lowest BCUT2D eigenvalue weighted by Crippen LogP contribution is -2.25. The van der Waals surface area contributed by atoms with E-state index in [9.17, 15) is 18.0 Å². The molecular formula is C16H20F3NO3. The van der Waals surface area contributed by atoms with Crippen LogP contribution in [0.25, 0.3) is 0 Å². The predicted molar refractivity (Wildman–Crippen MR) is 76.9 cm³/mol. The van der Waals surface area contributed by atoms with Crippen LogP contribution in [0.4, 0.5) is 13.2 Å². The molecule has 0 bridgehead atoms. The third-order valence-electron chi connectivity index (χ3n) is 4.02. The molecule has 7 heteroatoms. The quantitative estimate of drug-likeness (QED) is 0.746. The Hall–Kier alpha value is -1.79. The molecule has 1 aliphatic carbocycles. The highest BCUT2D eigenvalue weighted by Gasteiger charge is 2.32. The summed E-state index contributed by atoms with van der Waals surface area (Å²) in [5.41, 5.74) is 0. The number of pyridine rings is 1. The number of aromatic nitrogens is 1. The molecule has 1 aromatic rings. The van der Waals surface area contributed by atoms with E-state index in [0.29, 0.717) is 5.92 Å². The smallest absolute Gasteiger partial charge is 0.425 e. The van der Waals surface area contributed by atoms with Crippen LogP contribution in [0, 0.1) is 11.8 Å².